The van der Waals surface area contributed by atoms with Gasteiger partial charge in [-0.3, -0.25) is 4.79 Å². The van der Waals surface area contributed by atoms with Gasteiger partial charge in [-0.1, -0.05) is 31.0 Å². The molecule has 0 unspecified atom stereocenters. The summed E-state index contributed by atoms with van der Waals surface area (Å²) in [5.41, 5.74) is 1.01. The average Bonchev–Trinajstić information content (AvgIpc) is 2.37. The summed E-state index contributed by atoms with van der Waals surface area (Å²) < 4.78 is 24.0. The van der Waals surface area contributed by atoms with Crippen LogP contribution in [0.1, 0.15) is 31.7 Å². The largest absolute Gasteiger partial charge is 0.356 e. The first-order valence-corrected chi connectivity index (χ1v) is 8.17. The minimum Gasteiger partial charge on any atom is -0.356 e. The van der Waals surface area contributed by atoms with E-state index in [0.717, 1.165) is 18.4 Å². The predicted octanol–water partition coefficient (Wildman–Crippen LogP) is 2.08. The second kappa shape index (κ2) is 7.28. The number of unbranched alkanes of at least 4 members (excludes halogenated alkanes) is 1. The van der Waals surface area contributed by atoms with Gasteiger partial charge in [-0.15, -0.1) is 0 Å². The molecule has 0 aliphatic heterocycles. The van der Waals surface area contributed by atoms with E-state index >= 15 is 0 Å². The third-order valence-electron chi connectivity index (χ3n) is 2.83. The van der Waals surface area contributed by atoms with Crippen molar-refractivity contribution >= 4 is 15.7 Å². The van der Waals surface area contributed by atoms with E-state index in [1.165, 1.54) is 0 Å². The lowest BCUT2D eigenvalue weighted by Crippen LogP contribution is -2.26. The second-order valence-corrected chi connectivity index (χ2v) is 6.69. The molecule has 5 heteroatoms. The highest BCUT2D eigenvalue weighted by Gasteiger charge is 2.15. The molecule has 0 aliphatic rings. The number of rotatable bonds is 7. The molecule has 0 aliphatic carbocycles. The molecule has 0 spiro atoms. The molecule has 1 amide bonds. The maximum Gasteiger partial charge on any atom is 0.221 e. The van der Waals surface area contributed by atoms with Crippen LogP contribution in [0.3, 0.4) is 0 Å². The first kappa shape index (κ1) is 15.7. The van der Waals surface area contributed by atoms with Crippen LogP contribution in [0.15, 0.2) is 29.2 Å². The second-order valence-electron chi connectivity index (χ2n) is 4.59. The molecule has 0 heterocycles. The summed E-state index contributed by atoms with van der Waals surface area (Å²) in [5.74, 6) is -0.349. The van der Waals surface area contributed by atoms with Crippen LogP contribution in [0.5, 0.6) is 0 Å². The molecule has 0 fully saturated rings. The standard InChI is InChI=1S/C14H21NO3S/c1-3-4-10-15-14(16)9-11-19(17,18)13-7-5-12(2)6-8-13/h5-8H,3-4,9-11H2,1-2H3,(H,15,16). The molecule has 0 saturated heterocycles. The van der Waals surface area contributed by atoms with E-state index in [9.17, 15) is 13.2 Å². The van der Waals surface area contributed by atoms with Crippen LogP contribution in [0.2, 0.25) is 0 Å². The zero-order valence-electron chi connectivity index (χ0n) is 11.5. The summed E-state index contributed by atoms with van der Waals surface area (Å²) in [6.07, 6.45) is 1.93. The molecular weight excluding hydrogens is 262 g/mol. The molecule has 106 valence electrons. The fourth-order valence-corrected chi connectivity index (χ4v) is 2.82. The molecule has 1 aromatic carbocycles. The third kappa shape index (κ3) is 5.42. The van der Waals surface area contributed by atoms with Gasteiger partial charge in [0.25, 0.3) is 0 Å². The topological polar surface area (TPSA) is 63.2 Å². The highest BCUT2D eigenvalue weighted by Crippen LogP contribution is 2.12. The lowest BCUT2D eigenvalue weighted by Gasteiger charge is -2.06. The quantitative estimate of drug-likeness (QED) is 0.779. The van der Waals surface area contributed by atoms with Crippen LogP contribution < -0.4 is 5.32 Å². The van der Waals surface area contributed by atoms with Gasteiger partial charge in [0.05, 0.1) is 10.6 Å². The monoisotopic (exact) mass is 283 g/mol. The normalized spacial score (nSPS) is 11.3. The van der Waals surface area contributed by atoms with E-state index in [1.54, 1.807) is 24.3 Å². The fraction of sp³-hybridized carbons (Fsp3) is 0.500. The number of amides is 1. The Morgan fingerprint density at radius 3 is 2.42 bits per heavy atom. The molecule has 1 N–H and O–H groups in total. The molecule has 0 aromatic heterocycles. The zero-order chi connectivity index (χ0) is 14.3. The van der Waals surface area contributed by atoms with Crippen molar-refractivity contribution in [3.63, 3.8) is 0 Å². The van der Waals surface area contributed by atoms with E-state index < -0.39 is 9.84 Å². The molecule has 0 radical (unpaired) electrons. The number of benzene rings is 1. The Morgan fingerprint density at radius 2 is 1.84 bits per heavy atom. The molecule has 0 bridgehead atoms. The minimum absolute atomic E-state index is 0.0138. The number of hydrogen-bond acceptors (Lipinski definition) is 3. The third-order valence-corrected chi connectivity index (χ3v) is 4.56. The van der Waals surface area contributed by atoms with Gasteiger partial charge in [0.2, 0.25) is 5.91 Å². The number of aryl methyl sites for hydroxylation is 1. The summed E-state index contributed by atoms with van der Waals surface area (Å²) in [4.78, 5) is 11.8. The first-order valence-electron chi connectivity index (χ1n) is 6.52. The number of nitrogens with one attached hydrogen (secondary N) is 1. The number of carbonyl (C=O) groups is 1. The van der Waals surface area contributed by atoms with Crippen LogP contribution in [0.4, 0.5) is 0 Å². The number of hydrogen-bond donors (Lipinski definition) is 1. The lowest BCUT2D eigenvalue weighted by molar-refractivity contribution is -0.120. The van der Waals surface area contributed by atoms with Crippen LogP contribution in [0, 0.1) is 6.92 Å². The molecule has 19 heavy (non-hydrogen) atoms. The Labute approximate surface area is 115 Å². The van der Waals surface area contributed by atoms with E-state index in [2.05, 4.69) is 5.32 Å². The van der Waals surface area contributed by atoms with Gasteiger partial charge in [-0.25, -0.2) is 8.42 Å². The van der Waals surface area contributed by atoms with E-state index in [0.29, 0.717) is 6.54 Å². The van der Waals surface area contributed by atoms with E-state index in [1.807, 2.05) is 13.8 Å². The predicted molar refractivity (Wildman–Crippen MR) is 75.8 cm³/mol. The Hall–Kier alpha value is -1.36. The van der Waals surface area contributed by atoms with Crippen molar-refractivity contribution in [3.05, 3.63) is 29.8 Å². The Bertz CT molecular complexity index is 506. The van der Waals surface area contributed by atoms with Gasteiger partial charge in [-0.05, 0) is 25.5 Å². The van der Waals surface area contributed by atoms with Crippen molar-refractivity contribution in [1.82, 2.24) is 5.32 Å². The van der Waals surface area contributed by atoms with Crippen molar-refractivity contribution in [3.8, 4) is 0 Å². The summed E-state index contributed by atoms with van der Waals surface area (Å²) in [7, 11) is -3.36. The number of carbonyl (C=O) groups excluding carboxylic acids is 1. The molecule has 0 saturated carbocycles. The van der Waals surface area contributed by atoms with E-state index in [4.69, 9.17) is 0 Å². The molecular formula is C14H21NO3S. The van der Waals surface area contributed by atoms with Crippen molar-refractivity contribution in [2.45, 2.75) is 38.0 Å². The zero-order valence-corrected chi connectivity index (χ0v) is 12.3. The SMILES string of the molecule is CCCCNC(=O)CCS(=O)(=O)c1ccc(C)cc1. The van der Waals surface area contributed by atoms with Crippen molar-refractivity contribution in [2.24, 2.45) is 0 Å². The number of sulfone groups is 1. The van der Waals surface area contributed by atoms with Gasteiger partial charge in [0.1, 0.15) is 0 Å². The first-order chi connectivity index (χ1) is 8.95. The highest BCUT2D eigenvalue weighted by molar-refractivity contribution is 7.91. The smallest absolute Gasteiger partial charge is 0.221 e. The van der Waals surface area contributed by atoms with Crippen molar-refractivity contribution in [1.29, 1.82) is 0 Å². The molecule has 4 nitrogen and oxygen atoms in total. The van der Waals surface area contributed by atoms with Gasteiger partial charge < -0.3 is 5.32 Å². The average molecular weight is 283 g/mol. The Morgan fingerprint density at radius 1 is 1.21 bits per heavy atom. The summed E-state index contributed by atoms with van der Waals surface area (Å²) in [6, 6.07) is 6.68. The Balaban J connectivity index is 2.51. The van der Waals surface area contributed by atoms with Gasteiger partial charge in [-0.2, -0.15) is 0 Å². The van der Waals surface area contributed by atoms with Gasteiger partial charge in [0.15, 0.2) is 9.84 Å². The van der Waals surface area contributed by atoms with Gasteiger partial charge in [0, 0.05) is 13.0 Å². The van der Waals surface area contributed by atoms with Crippen LogP contribution in [-0.4, -0.2) is 26.6 Å². The van der Waals surface area contributed by atoms with Crippen LogP contribution in [0.25, 0.3) is 0 Å². The van der Waals surface area contributed by atoms with E-state index in [-0.39, 0.29) is 23.0 Å². The summed E-state index contributed by atoms with van der Waals surface area (Å²) >= 11 is 0. The highest BCUT2D eigenvalue weighted by atomic mass is 32.2. The van der Waals surface area contributed by atoms with Crippen molar-refractivity contribution < 1.29 is 13.2 Å². The summed E-state index contributed by atoms with van der Waals surface area (Å²) in [6.45, 7) is 4.55. The molecule has 0 atom stereocenters. The molecule has 1 rings (SSSR count). The molecule has 1 aromatic rings. The van der Waals surface area contributed by atoms with Gasteiger partial charge >= 0.3 is 0 Å². The summed E-state index contributed by atoms with van der Waals surface area (Å²) in [5, 5.41) is 2.71. The Kier molecular flexibility index (Phi) is 6.02. The minimum atomic E-state index is -3.36. The van der Waals surface area contributed by atoms with Crippen LogP contribution in [-0.2, 0) is 14.6 Å². The fourth-order valence-electron chi connectivity index (χ4n) is 1.58. The maximum atomic E-state index is 12.0. The van der Waals surface area contributed by atoms with Crippen molar-refractivity contribution in [2.75, 3.05) is 12.3 Å². The maximum absolute atomic E-state index is 12.0. The lowest BCUT2D eigenvalue weighted by atomic mass is 10.2. The van der Waals surface area contributed by atoms with Crippen LogP contribution >= 0.6 is 0 Å².